The quantitative estimate of drug-likeness (QED) is 0.468. The predicted molar refractivity (Wildman–Crippen MR) is 59.3 cm³/mol. The number of rotatable bonds is 9. The van der Waals surface area contributed by atoms with Gasteiger partial charge in [-0.3, -0.25) is 0 Å². The van der Waals surface area contributed by atoms with Crippen LogP contribution in [-0.2, 0) is 4.79 Å². The molecule has 15 heavy (non-hydrogen) atoms. The van der Waals surface area contributed by atoms with Crippen molar-refractivity contribution in [1.82, 2.24) is 0 Å². The van der Waals surface area contributed by atoms with Crippen LogP contribution in [0.1, 0.15) is 51.4 Å². The zero-order valence-corrected chi connectivity index (χ0v) is 9.17. The third kappa shape index (κ3) is 9.01. The Morgan fingerprint density at radius 1 is 1.13 bits per heavy atom. The van der Waals surface area contributed by atoms with E-state index in [2.05, 4.69) is 12.6 Å². The number of hydrogen-bond acceptors (Lipinski definition) is 2. The summed E-state index contributed by atoms with van der Waals surface area (Å²) >= 11 is 0. The molecule has 3 heteroatoms. The van der Waals surface area contributed by atoms with E-state index in [1.165, 1.54) is 0 Å². The van der Waals surface area contributed by atoms with Gasteiger partial charge in [0.15, 0.2) is 0 Å². The standard InChI is InChI=1S/C12H19NO2/c1-11(12(14)15)9-7-5-3-2-4-6-8-10-13/h1-9H2,(H,14,15). The topological polar surface area (TPSA) is 61.1 Å². The fraction of sp³-hybridized carbons (Fsp3) is 0.667. The molecule has 84 valence electrons. The average Bonchev–Trinajstić information content (AvgIpc) is 2.21. The van der Waals surface area contributed by atoms with Crippen LogP contribution in [0.3, 0.4) is 0 Å². The minimum Gasteiger partial charge on any atom is -0.478 e. The van der Waals surface area contributed by atoms with E-state index in [0.717, 1.165) is 38.5 Å². The summed E-state index contributed by atoms with van der Waals surface area (Å²) in [5.74, 6) is -0.885. The second-order valence-electron chi connectivity index (χ2n) is 3.69. The lowest BCUT2D eigenvalue weighted by Gasteiger charge is -2.01. The van der Waals surface area contributed by atoms with Crippen LogP contribution in [0, 0.1) is 11.3 Å². The molecule has 0 saturated heterocycles. The second kappa shape index (κ2) is 9.26. The molecule has 0 unspecified atom stereocenters. The van der Waals surface area contributed by atoms with Gasteiger partial charge in [-0.15, -0.1) is 0 Å². The molecule has 3 nitrogen and oxygen atoms in total. The zero-order chi connectivity index (χ0) is 11.5. The van der Waals surface area contributed by atoms with Crippen LogP contribution in [0.5, 0.6) is 0 Å². The number of unbranched alkanes of at least 4 members (excludes halogenated alkanes) is 6. The van der Waals surface area contributed by atoms with Crippen molar-refractivity contribution in [3.63, 3.8) is 0 Å². The summed E-state index contributed by atoms with van der Waals surface area (Å²) in [6.07, 6.45) is 7.55. The average molecular weight is 209 g/mol. The maximum Gasteiger partial charge on any atom is 0.330 e. The van der Waals surface area contributed by atoms with Gasteiger partial charge in [-0.1, -0.05) is 32.3 Å². The zero-order valence-electron chi connectivity index (χ0n) is 9.17. The van der Waals surface area contributed by atoms with Crippen molar-refractivity contribution in [2.24, 2.45) is 0 Å². The summed E-state index contributed by atoms with van der Waals surface area (Å²) in [6.45, 7) is 3.48. The minimum absolute atomic E-state index is 0.305. The van der Waals surface area contributed by atoms with Crippen molar-refractivity contribution >= 4 is 5.97 Å². The van der Waals surface area contributed by atoms with Gasteiger partial charge in [0.1, 0.15) is 0 Å². The number of aliphatic carboxylic acids is 1. The maximum atomic E-state index is 10.4. The number of hydrogen-bond donors (Lipinski definition) is 1. The van der Waals surface area contributed by atoms with Crippen LogP contribution in [0.2, 0.25) is 0 Å². The lowest BCUT2D eigenvalue weighted by molar-refractivity contribution is -0.132. The van der Waals surface area contributed by atoms with Crippen molar-refractivity contribution in [1.29, 1.82) is 5.26 Å². The number of carboxylic acid groups (broad SMARTS) is 1. The first-order valence-corrected chi connectivity index (χ1v) is 5.46. The highest BCUT2D eigenvalue weighted by atomic mass is 16.4. The molecule has 0 aliphatic carbocycles. The van der Waals surface area contributed by atoms with Gasteiger partial charge in [-0.2, -0.15) is 5.26 Å². The lowest BCUT2D eigenvalue weighted by Crippen LogP contribution is -1.98. The first-order chi connectivity index (χ1) is 7.18. The van der Waals surface area contributed by atoms with Crippen LogP contribution in [-0.4, -0.2) is 11.1 Å². The van der Waals surface area contributed by atoms with E-state index < -0.39 is 5.97 Å². The molecular weight excluding hydrogens is 190 g/mol. The molecule has 1 N–H and O–H groups in total. The van der Waals surface area contributed by atoms with E-state index in [-0.39, 0.29) is 0 Å². The van der Waals surface area contributed by atoms with E-state index in [0.29, 0.717) is 18.4 Å². The molecule has 0 aliphatic rings. The molecule has 0 bridgehead atoms. The van der Waals surface area contributed by atoms with Crippen molar-refractivity contribution < 1.29 is 9.90 Å². The van der Waals surface area contributed by atoms with Crippen LogP contribution in [0.4, 0.5) is 0 Å². The Balaban J connectivity index is 3.15. The number of carbonyl (C=O) groups is 1. The van der Waals surface area contributed by atoms with Gasteiger partial charge in [0, 0.05) is 12.0 Å². The first-order valence-electron chi connectivity index (χ1n) is 5.46. The van der Waals surface area contributed by atoms with Crippen LogP contribution in [0.25, 0.3) is 0 Å². The molecule has 0 saturated carbocycles. The molecule has 0 aromatic rings. The van der Waals surface area contributed by atoms with Crippen molar-refractivity contribution in [2.75, 3.05) is 0 Å². The van der Waals surface area contributed by atoms with Gasteiger partial charge < -0.3 is 5.11 Å². The Hall–Kier alpha value is -1.30. The van der Waals surface area contributed by atoms with E-state index in [4.69, 9.17) is 10.4 Å². The molecule has 0 aliphatic heterocycles. The molecule has 0 aromatic heterocycles. The largest absolute Gasteiger partial charge is 0.478 e. The van der Waals surface area contributed by atoms with Gasteiger partial charge in [0.05, 0.1) is 6.07 Å². The minimum atomic E-state index is -0.885. The molecule has 0 heterocycles. The highest BCUT2D eigenvalue weighted by Crippen LogP contribution is 2.11. The monoisotopic (exact) mass is 209 g/mol. The number of carboxylic acids is 1. The summed E-state index contributed by atoms with van der Waals surface area (Å²) in [7, 11) is 0. The normalized spacial score (nSPS) is 9.53. The van der Waals surface area contributed by atoms with Gasteiger partial charge in [-0.25, -0.2) is 4.79 Å². The van der Waals surface area contributed by atoms with Gasteiger partial charge >= 0.3 is 5.97 Å². The van der Waals surface area contributed by atoms with Crippen LogP contribution in [0.15, 0.2) is 12.2 Å². The van der Waals surface area contributed by atoms with Crippen molar-refractivity contribution in [3.8, 4) is 6.07 Å². The van der Waals surface area contributed by atoms with Gasteiger partial charge in [0.2, 0.25) is 0 Å². The SMILES string of the molecule is C=C(CCCCCCCCC#N)C(=O)O. The Morgan fingerprint density at radius 2 is 1.67 bits per heavy atom. The Bertz CT molecular complexity index is 240. The Kier molecular flexibility index (Phi) is 8.46. The molecule has 0 spiro atoms. The summed E-state index contributed by atoms with van der Waals surface area (Å²) in [6, 6.07) is 2.12. The molecule has 0 rings (SSSR count). The lowest BCUT2D eigenvalue weighted by atomic mass is 10.1. The fourth-order valence-corrected chi connectivity index (χ4v) is 1.36. The summed E-state index contributed by atoms with van der Waals surface area (Å²) in [4.78, 5) is 10.4. The summed E-state index contributed by atoms with van der Waals surface area (Å²) in [5, 5.41) is 16.9. The van der Waals surface area contributed by atoms with Crippen LogP contribution < -0.4 is 0 Å². The Labute approximate surface area is 91.4 Å². The highest BCUT2D eigenvalue weighted by molar-refractivity contribution is 5.85. The van der Waals surface area contributed by atoms with E-state index >= 15 is 0 Å². The molecule has 0 fully saturated rings. The molecule has 0 amide bonds. The van der Waals surface area contributed by atoms with E-state index in [9.17, 15) is 4.79 Å². The molecule has 0 radical (unpaired) electrons. The van der Waals surface area contributed by atoms with Gasteiger partial charge in [-0.05, 0) is 19.3 Å². The predicted octanol–water partition coefficient (Wildman–Crippen LogP) is 3.27. The third-order valence-electron chi connectivity index (χ3n) is 2.32. The van der Waals surface area contributed by atoms with Crippen molar-refractivity contribution in [2.45, 2.75) is 51.4 Å². The third-order valence-corrected chi connectivity index (χ3v) is 2.32. The molecular formula is C12H19NO2. The summed E-state index contributed by atoms with van der Waals surface area (Å²) in [5.41, 5.74) is 0.305. The van der Waals surface area contributed by atoms with E-state index in [1.54, 1.807) is 0 Å². The van der Waals surface area contributed by atoms with Crippen molar-refractivity contribution in [3.05, 3.63) is 12.2 Å². The number of nitriles is 1. The second-order valence-corrected chi connectivity index (χ2v) is 3.69. The highest BCUT2D eigenvalue weighted by Gasteiger charge is 2.02. The molecule has 0 atom stereocenters. The summed E-state index contributed by atoms with van der Waals surface area (Å²) < 4.78 is 0. The fourth-order valence-electron chi connectivity index (χ4n) is 1.36. The smallest absolute Gasteiger partial charge is 0.330 e. The first kappa shape index (κ1) is 13.7. The van der Waals surface area contributed by atoms with Crippen LogP contribution >= 0.6 is 0 Å². The maximum absolute atomic E-state index is 10.4. The Morgan fingerprint density at radius 3 is 2.20 bits per heavy atom. The number of nitrogens with zero attached hydrogens (tertiary/aromatic N) is 1. The molecule has 0 aromatic carbocycles. The van der Waals surface area contributed by atoms with Gasteiger partial charge in [0.25, 0.3) is 0 Å². The van der Waals surface area contributed by atoms with E-state index in [1.807, 2.05) is 0 Å².